The van der Waals surface area contributed by atoms with Crippen LogP contribution in [-0.2, 0) is 32.1 Å². The maximum absolute atomic E-state index is 2.70. The van der Waals surface area contributed by atoms with Crippen LogP contribution in [0.3, 0.4) is 0 Å². The van der Waals surface area contributed by atoms with Gasteiger partial charge in [0.2, 0.25) is 0 Å². The normalized spacial score (nSPS) is 15.5. The molecule has 0 N–H and O–H groups in total. The van der Waals surface area contributed by atoms with Gasteiger partial charge in [-0.1, -0.05) is 61.9 Å². The van der Waals surface area contributed by atoms with Crippen molar-refractivity contribution in [1.29, 1.82) is 0 Å². The molecule has 2 nitrogen and oxygen atoms in total. The van der Waals surface area contributed by atoms with Gasteiger partial charge in [-0.05, 0) is 161 Å². The minimum absolute atomic E-state index is 0.202. The van der Waals surface area contributed by atoms with E-state index in [1.807, 2.05) is 0 Å². The summed E-state index contributed by atoms with van der Waals surface area (Å²) in [4.78, 5) is 5.26. The number of rotatable bonds is 5. The number of anilines is 6. The van der Waals surface area contributed by atoms with Crippen molar-refractivity contribution in [1.82, 2.24) is 0 Å². The summed E-state index contributed by atoms with van der Waals surface area (Å²) in [5.74, 6) is 0. The molecule has 4 aliphatic rings. The van der Waals surface area contributed by atoms with E-state index >= 15 is 0 Å². The van der Waals surface area contributed by atoms with Gasteiger partial charge in [0.25, 0.3) is 6.71 Å². The summed E-state index contributed by atoms with van der Waals surface area (Å²) in [5.41, 5.74) is 20.2. The first-order chi connectivity index (χ1) is 21.7. The molecular formula is C40H36BIN2. The highest BCUT2D eigenvalue weighted by molar-refractivity contribution is 14.1. The third-order valence-corrected chi connectivity index (χ3v) is 11.1. The fourth-order valence-electron chi connectivity index (χ4n) is 8.70. The molecule has 5 aromatic rings. The van der Waals surface area contributed by atoms with Crippen molar-refractivity contribution in [3.8, 4) is 0 Å². The van der Waals surface area contributed by atoms with Crippen LogP contribution in [0.2, 0.25) is 0 Å². The van der Waals surface area contributed by atoms with Crippen molar-refractivity contribution in [2.45, 2.75) is 64.7 Å². The number of benzene rings is 5. The van der Waals surface area contributed by atoms with Gasteiger partial charge in [-0.15, -0.1) is 0 Å². The van der Waals surface area contributed by atoms with Gasteiger partial charge in [-0.3, -0.25) is 0 Å². The number of fused-ring (bicyclic) bond motifs is 6. The van der Waals surface area contributed by atoms with Crippen LogP contribution < -0.4 is 26.2 Å². The fraction of sp³-hybridized carbons (Fsp3) is 0.250. The third-order valence-electron chi connectivity index (χ3n) is 10.5. The van der Waals surface area contributed by atoms with Crippen LogP contribution in [0, 0.1) is 3.57 Å². The van der Waals surface area contributed by atoms with E-state index < -0.39 is 0 Å². The maximum atomic E-state index is 2.70. The summed E-state index contributed by atoms with van der Waals surface area (Å²) in [6.07, 6.45) is 10.9. The molecule has 5 aromatic carbocycles. The highest BCUT2D eigenvalue weighted by Gasteiger charge is 2.44. The van der Waals surface area contributed by atoms with Crippen molar-refractivity contribution in [2.24, 2.45) is 0 Å². The topological polar surface area (TPSA) is 6.48 Å². The summed E-state index contributed by atoms with van der Waals surface area (Å²) in [6.45, 7) is 2.49. The molecule has 4 heteroatoms. The first-order valence-corrected chi connectivity index (χ1v) is 17.7. The zero-order valence-corrected chi connectivity index (χ0v) is 27.5. The largest absolute Gasteiger partial charge is 0.311 e. The zero-order chi connectivity index (χ0) is 29.4. The van der Waals surface area contributed by atoms with E-state index in [4.69, 9.17) is 0 Å². The minimum atomic E-state index is 0.202. The van der Waals surface area contributed by atoms with E-state index in [1.165, 1.54) is 111 Å². The molecule has 0 unspecified atom stereocenters. The van der Waals surface area contributed by atoms with Crippen molar-refractivity contribution in [2.75, 3.05) is 9.80 Å². The first kappa shape index (κ1) is 26.9. The molecule has 0 amide bonds. The van der Waals surface area contributed by atoms with Crippen LogP contribution in [0.5, 0.6) is 0 Å². The number of hydrogen-bond donors (Lipinski definition) is 0. The summed E-state index contributed by atoms with van der Waals surface area (Å²) in [6, 6.07) is 35.3. The van der Waals surface area contributed by atoms with Crippen LogP contribution in [0.15, 0.2) is 91.0 Å². The zero-order valence-electron chi connectivity index (χ0n) is 25.4. The number of halogens is 1. The second-order valence-corrected chi connectivity index (χ2v) is 14.3. The summed E-state index contributed by atoms with van der Waals surface area (Å²) < 4.78 is 1.30. The van der Waals surface area contributed by atoms with Crippen molar-refractivity contribution >= 4 is 79.8 Å². The van der Waals surface area contributed by atoms with Gasteiger partial charge in [0.1, 0.15) is 0 Å². The van der Waals surface area contributed by atoms with Crippen LogP contribution in [0.25, 0.3) is 0 Å². The number of unbranched alkanes of at least 4 members (excludes halogenated alkanes) is 1. The van der Waals surface area contributed by atoms with Gasteiger partial charge in [0.05, 0.1) is 5.69 Å². The predicted molar refractivity (Wildman–Crippen MR) is 196 cm³/mol. The molecule has 0 bridgehead atoms. The molecule has 0 spiro atoms. The van der Waals surface area contributed by atoms with Crippen LogP contribution in [-0.4, -0.2) is 6.71 Å². The molecule has 0 aromatic heterocycles. The van der Waals surface area contributed by atoms with Crippen molar-refractivity contribution in [3.63, 3.8) is 0 Å². The smallest absolute Gasteiger partial charge is 0.252 e. The van der Waals surface area contributed by atoms with Gasteiger partial charge >= 0.3 is 0 Å². The van der Waals surface area contributed by atoms with Crippen molar-refractivity contribution < 1.29 is 0 Å². The molecule has 0 atom stereocenters. The highest BCUT2D eigenvalue weighted by atomic mass is 127. The molecule has 2 aliphatic heterocycles. The Morgan fingerprint density at radius 2 is 1.27 bits per heavy atom. The monoisotopic (exact) mass is 682 g/mol. The van der Waals surface area contributed by atoms with E-state index in [0.29, 0.717) is 0 Å². The molecule has 0 saturated carbocycles. The molecule has 216 valence electrons. The minimum Gasteiger partial charge on any atom is -0.311 e. The Hall–Kier alpha value is -3.51. The number of para-hydroxylation sites is 2. The van der Waals surface area contributed by atoms with E-state index in [9.17, 15) is 0 Å². The molecule has 9 rings (SSSR count). The standard InChI is InChI=1S/C40H36BIN2/c1-2-3-11-26-22-29(42)25-30(23-26)43-35-18-6-4-16-33(35)41-34-17-5-7-19-36(34)44(38-21-10-20-37(43)39(38)41)40-31-14-8-12-27(31)24-28-13-9-15-32(28)40/h4-7,10,16-25H,2-3,8-9,11-15H2,1H3. The maximum Gasteiger partial charge on any atom is 0.252 e. The van der Waals surface area contributed by atoms with Gasteiger partial charge < -0.3 is 9.80 Å². The Balaban J connectivity index is 1.33. The molecular weight excluding hydrogens is 646 g/mol. The SMILES string of the molecule is CCCCc1cc(I)cc(N2c3ccccc3B3c4ccccc4N(c4c5c(cc6c4CCC6)CCC5)c4cccc2c43)c1. The fourth-order valence-corrected chi connectivity index (χ4v) is 9.42. The van der Waals surface area contributed by atoms with E-state index in [0.717, 1.165) is 6.42 Å². The van der Waals surface area contributed by atoms with E-state index in [2.05, 4.69) is 130 Å². The Morgan fingerprint density at radius 3 is 1.95 bits per heavy atom. The van der Waals surface area contributed by atoms with Crippen molar-refractivity contribution in [3.05, 3.63) is 122 Å². The van der Waals surface area contributed by atoms with Gasteiger partial charge in [0, 0.05) is 32.0 Å². The lowest BCUT2D eigenvalue weighted by atomic mass is 9.33. The molecule has 44 heavy (non-hydrogen) atoms. The van der Waals surface area contributed by atoms with Gasteiger partial charge in [0.15, 0.2) is 0 Å². The molecule has 2 heterocycles. The number of nitrogens with zero attached hydrogens (tertiary/aromatic N) is 2. The third kappa shape index (κ3) is 3.99. The van der Waals surface area contributed by atoms with Gasteiger partial charge in [-0.2, -0.15) is 0 Å². The highest BCUT2D eigenvalue weighted by Crippen LogP contribution is 2.49. The second-order valence-electron chi connectivity index (χ2n) is 13.1. The average Bonchev–Trinajstić information content (AvgIpc) is 3.72. The predicted octanol–water partition coefficient (Wildman–Crippen LogP) is 8.69. The summed E-state index contributed by atoms with van der Waals surface area (Å²) in [7, 11) is 0. The summed E-state index contributed by atoms with van der Waals surface area (Å²) >= 11 is 2.52. The Morgan fingerprint density at radius 1 is 0.659 bits per heavy atom. The average molecular weight is 682 g/mol. The lowest BCUT2D eigenvalue weighted by molar-refractivity contribution is 0.794. The van der Waals surface area contributed by atoms with Crippen LogP contribution in [0.4, 0.5) is 34.1 Å². The molecule has 0 fully saturated rings. The van der Waals surface area contributed by atoms with Crippen LogP contribution in [0.1, 0.15) is 60.4 Å². The van der Waals surface area contributed by atoms with E-state index in [1.54, 1.807) is 22.3 Å². The quantitative estimate of drug-likeness (QED) is 0.133. The lowest BCUT2D eigenvalue weighted by Gasteiger charge is -2.44. The Bertz CT molecular complexity index is 1930. The lowest BCUT2D eigenvalue weighted by Crippen LogP contribution is -2.61. The Kier molecular flexibility index (Phi) is 6.44. The first-order valence-electron chi connectivity index (χ1n) is 16.6. The summed E-state index contributed by atoms with van der Waals surface area (Å²) in [5, 5.41) is 0. The Labute approximate surface area is 275 Å². The number of hydrogen-bond acceptors (Lipinski definition) is 2. The molecule has 0 saturated heterocycles. The molecule has 0 radical (unpaired) electrons. The number of aryl methyl sites for hydroxylation is 3. The molecule has 2 aliphatic carbocycles. The van der Waals surface area contributed by atoms with E-state index in [-0.39, 0.29) is 6.71 Å². The van der Waals surface area contributed by atoms with Crippen LogP contribution >= 0.6 is 22.6 Å². The van der Waals surface area contributed by atoms with Gasteiger partial charge in [-0.25, -0.2) is 0 Å². The second kappa shape index (κ2) is 10.5.